The number of amides is 1. The van der Waals surface area contributed by atoms with Crippen LogP contribution in [0.5, 0.6) is 0 Å². The number of hydrogen-bond acceptors (Lipinski definition) is 3. The van der Waals surface area contributed by atoms with Crippen molar-refractivity contribution in [2.45, 2.75) is 37.1 Å². The summed E-state index contributed by atoms with van der Waals surface area (Å²) in [6.45, 7) is 0. The van der Waals surface area contributed by atoms with Crippen LogP contribution in [-0.2, 0) is 21.4 Å². The lowest BCUT2D eigenvalue weighted by Crippen LogP contribution is -2.30. The van der Waals surface area contributed by atoms with Gasteiger partial charge < -0.3 is 10.8 Å². The van der Waals surface area contributed by atoms with Crippen molar-refractivity contribution < 1.29 is 19.1 Å². The lowest BCUT2D eigenvalue weighted by molar-refractivity contribution is -0.138. The first-order chi connectivity index (χ1) is 12.8. The first-order valence-corrected chi connectivity index (χ1v) is 9.13. The molecular formula is C20H18ClFN2O3. The average molecular weight is 389 g/mol. The second-order valence-electron chi connectivity index (χ2n) is 7.16. The molecule has 1 amide bonds. The molecule has 140 valence electrons. The molecule has 1 saturated carbocycles. The van der Waals surface area contributed by atoms with Crippen molar-refractivity contribution >= 4 is 34.9 Å². The van der Waals surface area contributed by atoms with Gasteiger partial charge in [0.15, 0.2) is 0 Å². The lowest BCUT2D eigenvalue weighted by atomic mass is 9.98. The van der Waals surface area contributed by atoms with Crippen molar-refractivity contribution in [3.05, 3.63) is 58.4 Å². The van der Waals surface area contributed by atoms with Crippen LogP contribution in [0, 0.1) is 5.82 Å². The molecule has 1 heterocycles. The molecule has 0 radical (unpaired) electrons. The van der Waals surface area contributed by atoms with Crippen LogP contribution in [0.2, 0.25) is 5.02 Å². The Kier molecular flexibility index (Phi) is 4.20. The summed E-state index contributed by atoms with van der Waals surface area (Å²) in [6.07, 6.45) is 2.28. The minimum Gasteiger partial charge on any atom is -0.480 e. The molecule has 2 aromatic rings. The van der Waals surface area contributed by atoms with Crippen molar-refractivity contribution in [2.75, 3.05) is 4.90 Å². The van der Waals surface area contributed by atoms with Gasteiger partial charge in [-0.25, -0.2) is 4.39 Å². The number of fused-ring (bicyclic) bond motifs is 2. The zero-order valence-corrected chi connectivity index (χ0v) is 15.2. The molecule has 5 nitrogen and oxygen atoms in total. The summed E-state index contributed by atoms with van der Waals surface area (Å²) in [6, 6.07) is 9.30. The van der Waals surface area contributed by atoms with E-state index in [-0.39, 0.29) is 10.9 Å². The van der Waals surface area contributed by atoms with E-state index in [9.17, 15) is 14.0 Å². The molecule has 3 N–H and O–H groups in total. The molecule has 0 saturated heterocycles. The summed E-state index contributed by atoms with van der Waals surface area (Å²) in [5.74, 6) is -1.59. The number of aryl methyl sites for hydroxylation is 1. The molecule has 4 rings (SSSR count). The van der Waals surface area contributed by atoms with Crippen LogP contribution >= 0.6 is 11.6 Å². The molecule has 1 aliphatic heterocycles. The van der Waals surface area contributed by atoms with Gasteiger partial charge in [-0.05, 0) is 61.1 Å². The number of carbonyl (C=O) groups excluding carboxylic acids is 1. The number of carboxylic acid groups (broad SMARTS) is 1. The first-order valence-electron chi connectivity index (χ1n) is 8.75. The van der Waals surface area contributed by atoms with E-state index in [0.29, 0.717) is 42.6 Å². The highest BCUT2D eigenvalue weighted by molar-refractivity contribution is 6.31. The fourth-order valence-corrected chi connectivity index (χ4v) is 3.82. The van der Waals surface area contributed by atoms with Crippen molar-refractivity contribution in [1.82, 2.24) is 0 Å². The van der Waals surface area contributed by atoms with Gasteiger partial charge in [-0.15, -0.1) is 0 Å². The van der Waals surface area contributed by atoms with Crippen LogP contribution < -0.4 is 10.6 Å². The second kappa shape index (κ2) is 6.32. The molecule has 1 atom stereocenters. The smallest absolute Gasteiger partial charge is 0.320 e. The summed E-state index contributed by atoms with van der Waals surface area (Å²) in [7, 11) is 0. The monoisotopic (exact) mass is 388 g/mol. The predicted molar refractivity (Wildman–Crippen MR) is 99.8 cm³/mol. The fourth-order valence-electron chi connectivity index (χ4n) is 3.67. The highest BCUT2D eigenvalue weighted by Gasteiger charge is 2.59. The first kappa shape index (κ1) is 17.9. The zero-order chi connectivity index (χ0) is 19.3. The van der Waals surface area contributed by atoms with Gasteiger partial charge in [-0.2, -0.15) is 0 Å². The Morgan fingerprint density at radius 3 is 2.56 bits per heavy atom. The number of carbonyl (C=O) groups is 2. The van der Waals surface area contributed by atoms with Gasteiger partial charge in [-0.3, -0.25) is 14.5 Å². The van der Waals surface area contributed by atoms with Crippen LogP contribution in [-0.4, -0.2) is 23.0 Å². The molecule has 0 unspecified atom stereocenters. The van der Waals surface area contributed by atoms with E-state index in [2.05, 4.69) is 0 Å². The lowest BCUT2D eigenvalue weighted by Gasteiger charge is -2.19. The average Bonchev–Trinajstić information content (AvgIpc) is 3.41. The third kappa shape index (κ3) is 2.89. The highest BCUT2D eigenvalue weighted by Crippen LogP contribution is 2.59. The summed E-state index contributed by atoms with van der Waals surface area (Å²) in [4.78, 5) is 25.4. The minimum absolute atomic E-state index is 0.0106. The quantitative estimate of drug-likeness (QED) is 0.820. The topological polar surface area (TPSA) is 83.6 Å². The summed E-state index contributed by atoms with van der Waals surface area (Å²) < 4.78 is 13.9. The van der Waals surface area contributed by atoms with E-state index < -0.39 is 23.2 Å². The number of anilines is 2. The largest absolute Gasteiger partial charge is 0.480 e. The van der Waals surface area contributed by atoms with E-state index >= 15 is 0 Å². The van der Waals surface area contributed by atoms with E-state index in [4.69, 9.17) is 22.4 Å². The standard InChI is InChI=1S/C20H18ClFN2O3/c21-14-10-17-13(9-15(14)22)20(7-8-20)19(27)24(17)12-4-1-11(2-5-12)3-6-16(23)18(25)26/h1-2,4-5,9-10,16H,3,6-8,23H2,(H,25,26)/t16-/m0/s1. The van der Waals surface area contributed by atoms with Gasteiger partial charge in [0.05, 0.1) is 16.1 Å². The van der Waals surface area contributed by atoms with Crippen LogP contribution in [0.15, 0.2) is 36.4 Å². The van der Waals surface area contributed by atoms with Gasteiger partial charge in [0, 0.05) is 5.69 Å². The van der Waals surface area contributed by atoms with Crippen molar-refractivity contribution in [3.63, 3.8) is 0 Å². The second-order valence-corrected chi connectivity index (χ2v) is 7.56. The third-order valence-electron chi connectivity index (χ3n) is 5.41. The fraction of sp³-hybridized carbons (Fsp3) is 0.300. The summed E-state index contributed by atoms with van der Waals surface area (Å²) >= 11 is 5.96. The van der Waals surface area contributed by atoms with Crippen LogP contribution in [0.4, 0.5) is 15.8 Å². The Bertz CT molecular complexity index is 941. The van der Waals surface area contributed by atoms with Gasteiger partial charge in [0.25, 0.3) is 0 Å². The van der Waals surface area contributed by atoms with Crippen molar-refractivity contribution in [3.8, 4) is 0 Å². The maximum absolute atomic E-state index is 13.9. The predicted octanol–water partition coefficient (Wildman–Crippen LogP) is 3.53. The molecule has 0 bridgehead atoms. The van der Waals surface area contributed by atoms with E-state index in [1.807, 2.05) is 24.3 Å². The Hall–Kier alpha value is -2.44. The molecule has 2 aromatic carbocycles. The number of rotatable bonds is 5. The maximum atomic E-state index is 13.9. The molecule has 1 aliphatic carbocycles. The Morgan fingerprint density at radius 2 is 1.96 bits per heavy atom. The minimum atomic E-state index is -1.02. The molecular weight excluding hydrogens is 371 g/mol. The Balaban J connectivity index is 1.62. The van der Waals surface area contributed by atoms with Gasteiger partial charge >= 0.3 is 5.97 Å². The number of nitrogens with two attached hydrogens (primary N) is 1. The number of benzene rings is 2. The maximum Gasteiger partial charge on any atom is 0.320 e. The zero-order valence-electron chi connectivity index (χ0n) is 14.4. The summed E-state index contributed by atoms with van der Waals surface area (Å²) in [5, 5.41) is 8.85. The van der Waals surface area contributed by atoms with E-state index in [1.165, 1.54) is 12.1 Å². The molecule has 2 aliphatic rings. The van der Waals surface area contributed by atoms with E-state index in [0.717, 1.165) is 5.56 Å². The third-order valence-corrected chi connectivity index (χ3v) is 5.70. The van der Waals surface area contributed by atoms with Crippen LogP contribution in [0.25, 0.3) is 0 Å². The molecule has 27 heavy (non-hydrogen) atoms. The number of carboxylic acids is 1. The Morgan fingerprint density at radius 1 is 1.30 bits per heavy atom. The SMILES string of the molecule is N[C@@H](CCc1ccc(N2C(=O)C3(CC3)c3cc(F)c(Cl)cc32)cc1)C(=O)O. The highest BCUT2D eigenvalue weighted by atomic mass is 35.5. The van der Waals surface area contributed by atoms with E-state index in [1.54, 1.807) is 4.90 Å². The number of hydrogen-bond donors (Lipinski definition) is 2. The molecule has 7 heteroatoms. The van der Waals surface area contributed by atoms with Crippen molar-refractivity contribution in [1.29, 1.82) is 0 Å². The number of halogens is 2. The molecule has 1 fully saturated rings. The van der Waals surface area contributed by atoms with Gasteiger partial charge in [0.1, 0.15) is 11.9 Å². The summed E-state index contributed by atoms with van der Waals surface area (Å²) in [5.41, 5.74) is 7.86. The molecule has 1 spiro atoms. The van der Waals surface area contributed by atoms with Crippen molar-refractivity contribution in [2.24, 2.45) is 5.73 Å². The molecule has 0 aromatic heterocycles. The Labute approximate surface area is 160 Å². The van der Waals surface area contributed by atoms with Crippen LogP contribution in [0.3, 0.4) is 0 Å². The number of nitrogens with zero attached hydrogens (tertiary/aromatic N) is 1. The normalized spacial score (nSPS) is 17.9. The van der Waals surface area contributed by atoms with Gasteiger partial charge in [-0.1, -0.05) is 23.7 Å². The number of aliphatic carboxylic acids is 1. The van der Waals surface area contributed by atoms with Crippen LogP contribution in [0.1, 0.15) is 30.4 Å². The van der Waals surface area contributed by atoms with Gasteiger partial charge in [0.2, 0.25) is 5.91 Å².